The number of aliphatic imine (C=N–C) groups is 1. The average molecular weight is 531 g/mol. The molecule has 1 unspecified atom stereocenters. The van der Waals surface area contributed by atoms with Crippen molar-refractivity contribution in [2.24, 2.45) is 10.9 Å². The van der Waals surface area contributed by atoms with Gasteiger partial charge in [-0.05, 0) is 38.7 Å². The molecule has 1 aliphatic rings. The van der Waals surface area contributed by atoms with Gasteiger partial charge >= 0.3 is 0 Å². The van der Waals surface area contributed by atoms with Gasteiger partial charge in [-0.15, -0.1) is 24.0 Å². The van der Waals surface area contributed by atoms with E-state index in [2.05, 4.69) is 58.2 Å². The first kappa shape index (κ1) is 26.4. The second-order valence-electron chi connectivity index (χ2n) is 7.94. The molecule has 0 aliphatic carbocycles. The van der Waals surface area contributed by atoms with Gasteiger partial charge in [0.25, 0.3) is 0 Å². The van der Waals surface area contributed by atoms with Crippen molar-refractivity contribution < 1.29 is 4.79 Å². The van der Waals surface area contributed by atoms with E-state index in [0.717, 1.165) is 38.0 Å². The van der Waals surface area contributed by atoms with Crippen LogP contribution in [0.4, 0.5) is 5.95 Å². The minimum absolute atomic E-state index is 0. The molecule has 8 nitrogen and oxygen atoms in total. The Morgan fingerprint density at radius 2 is 1.80 bits per heavy atom. The van der Waals surface area contributed by atoms with Gasteiger partial charge in [-0.1, -0.05) is 13.8 Å². The van der Waals surface area contributed by atoms with Gasteiger partial charge in [-0.2, -0.15) is 0 Å². The molecule has 0 spiro atoms. The van der Waals surface area contributed by atoms with Crippen LogP contribution in [0.25, 0.3) is 0 Å². The molecule has 1 aromatic rings. The fourth-order valence-electron chi connectivity index (χ4n) is 3.24. The highest BCUT2D eigenvalue weighted by Gasteiger charge is 2.22. The zero-order valence-corrected chi connectivity index (χ0v) is 21.1. The Morgan fingerprint density at radius 3 is 2.40 bits per heavy atom. The van der Waals surface area contributed by atoms with Crippen molar-refractivity contribution in [2.45, 2.75) is 53.0 Å². The smallest absolute Gasteiger partial charge is 0.225 e. The molecule has 1 fully saturated rings. The molecule has 2 N–H and O–H groups in total. The van der Waals surface area contributed by atoms with Gasteiger partial charge in [0.05, 0.1) is 6.54 Å². The Hall–Kier alpha value is -1.65. The summed E-state index contributed by atoms with van der Waals surface area (Å²) in [4.78, 5) is 29.7. The molecule has 170 valence electrons. The van der Waals surface area contributed by atoms with Crippen molar-refractivity contribution in [3.05, 3.63) is 18.5 Å². The second kappa shape index (κ2) is 14.4. The molecule has 1 atom stereocenters. The van der Waals surface area contributed by atoms with Gasteiger partial charge in [-0.25, -0.2) is 9.97 Å². The number of rotatable bonds is 9. The first-order valence-electron chi connectivity index (χ1n) is 10.8. The third-order valence-corrected chi connectivity index (χ3v) is 4.97. The Morgan fingerprint density at radius 1 is 1.13 bits per heavy atom. The predicted molar refractivity (Wildman–Crippen MR) is 134 cm³/mol. The molecular formula is C21H38IN7O. The number of aromatic nitrogens is 2. The maximum atomic E-state index is 12.5. The molecule has 0 bridgehead atoms. The number of amides is 1. The minimum Gasteiger partial charge on any atom is -0.357 e. The quantitative estimate of drug-likeness (QED) is 0.290. The molecule has 30 heavy (non-hydrogen) atoms. The highest BCUT2D eigenvalue weighted by Crippen LogP contribution is 2.10. The van der Waals surface area contributed by atoms with E-state index in [1.165, 1.54) is 6.42 Å². The molecule has 1 saturated heterocycles. The van der Waals surface area contributed by atoms with Crippen LogP contribution in [0.15, 0.2) is 23.5 Å². The lowest BCUT2D eigenvalue weighted by atomic mass is 10.0. The number of guanidine groups is 1. The number of nitrogens with one attached hydrogen (secondary N) is 2. The monoisotopic (exact) mass is 531 g/mol. The summed E-state index contributed by atoms with van der Waals surface area (Å²) in [7, 11) is 0. The van der Waals surface area contributed by atoms with E-state index < -0.39 is 0 Å². The van der Waals surface area contributed by atoms with Crippen LogP contribution in [0.2, 0.25) is 0 Å². The summed E-state index contributed by atoms with van der Waals surface area (Å²) in [5.74, 6) is 2.39. The second-order valence-corrected chi connectivity index (χ2v) is 7.94. The van der Waals surface area contributed by atoms with Crippen LogP contribution in [0.5, 0.6) is 0 Å². The van der Waals surface area contributed by atoms with E-state index in [1.807, 2.05) is 11.0 Å². The van der Waals surface area contributed by atoms with Crippen molar-refractivity contribution in [1.29, 1.82) is 0 Å². The molecule has 1 aliphatic heterocycles. The SMILES string of the molecule is CCNC(=NCCC(=O)N1CCN(c2ncccn2)CC1)NC(C)CCC(C)C.I. The van der Waals surface area contributed by atoms with Crippen LogP contribution < -0.4 is 15.5 Å². The molecule has 0 radical (unpaired) electrons. The third-order valence-electron chi connectivity index (χ3n) is 4.97. The highest BCUT2D eigenvalue weighted by atomic mass is 127. The molecule has 0 saturated carbocycles. The van der Waals surface area contributed by atoms with Crippen LogP contribution in [0.1, 0.15) is 47.0 Å². The van der Waals surface area contributed by atoms with Gasteiger partial charge in [0.2, 0.25) is 11.9 Å². The Balaban J connectivity index is 0.00000450. The normalized spacial score (nSPS) is 15.6. The van der Waals surface area contributed by atoms with Gasteiger partial charge in [-0.3, -0.25) is 9.79 Å². The van der Waals surface area contributed by atoms with Gasteiger partial charge in [0.1, 0.15) is 0 Å². The lowest BCUT2D eigenvalue weighted by Crippen LogP contribution is -2.49. The number of piperazine rings is 1. The van der Waals surface area contributed by atoms with E-state index in [-0.39, 0.29) is 29.9 Å². The summed E-state index contributed by atoms with van der Waals surface area (Å²) >= 11 is 0. The first-order valence-corrected chi connectivity index (χ1v) is 10.8. The summed E-state index contributed by atoms with van der Waals surface area (Å²) in [5.41, 5.74) is 0. The largest absolute Gasteiger partial charge is 0.357 e. The number of hydrogen-bond donors (Lipinski definition) is 2. The van der Waals surface area contributed by atoms with Crippen LogP contribution in [-0.4, -0.2) is 72.0 Å². The van der Waals surface area contributed by atoms with Crippen molar-refractivity contribution in [2.75, 3.05) is 44.2 Å². The highest BCUT2D eigenvalue weighted by molar-refractivity contribution is 14.0. The summed E-state index contributed by atoms with van der Waals surface area (Å²) < 4.78 is 0. The van der Waals surface area contributed by atoms with E-state index in [1.54, 1.807) is 12.4 Å². The zero-order chi connectivity index (χ0) is 21.1. The molecule has 1 amide bonds. The molecular weight excluding hydrogens is 493 g/mol. The van der Waals surface area contributed by atoms with Crippen LogP contribution in [0.3, 0.4) is 0 Å². The number of halogens is 1. The van der Waals surface area contributed by atoms with Crippen molar-refractivity contribution in [3.63, 3.8) is 0 Å². The molecule has 9 heteroatoms. The van der Waals surface area contributed by atoms with Crippen LogP contribution >= 0.6 is 24.0 Å². The maximum Gasteiger partial charge on any atom is 0.225 e. The fourth-order valence-corrected chi connectivity index (χ4v) is 3.24. The number of carbonyl (C=O) groups is 1. The molecule has 1 aromatic heterocycles. The third kappa shape index (κ3) is 9.44. The number of nitrogens with zero attached hydrogens (tertiary/aromatic N) is 5. The lowest BCUT2D eigenvalue weighted by molar-refractivity contribution is -0.131. The standard InChI is InChI=1S/C21H37N7O.HI/c1-5-22-20(26-18(4)8-7-17(2)3)23-12-9-19(29)27-13-15-28(16-14-27)21-24-10-6-11-25-21;/h6,10-11,17-18H,5,7-9,12-16H2,1-4H3,(H2,22,23,26);1H. The summed E-state index contributed by atoms with van der Waals surface area (Å²) in [6, 6.07) is 2.17. The minimum atomic E-state index is 0. The topological polar surface area (TPSA) is 85.8 Å². The first-order chi connectivity index (χ1) is 14.0. The fraction of sp³-hybridized carbons (Fsp3) is 0.714. The lowest BCUT2D eigenvalue weighted by Gasteiger charge is -2.34. The molecule has 2 rings (SSSR count). The van der Waals surface area contributed by atoms with Gasteiger partial charge < -0.3 is 20.4 Å². The zero-order valence-electron chi connectivity index (χ0n) is 18.8. The summed E-state index contributed by atoms with van der Waals surface area (Å²) in [5, 5.41) is 6.72. The maximum absolute atomic E-state index is 12.5. The summed E-state index contributed by atoms with van der Waals surface area (Å²) in [6.07, 6.45) is 6.22. The van der Waals surface area contributed by atoms with E-state index in [9.17, 15) is 4.79 Å². The molecule has 0 aromatic carbocycles. The van der Waals surface area contributed by atoms with E-state index >= 15 is 0 Å². The van der Waals surface area contributed by atoms with Crippen molar-refractivity contribution >= 4 is 41.8 Å². The predicted octanol–water partition coefficient (Wildman–Crippen LogP) is 2.51. The van der Waals surface area contributed by atoms with Gasteiger partial charge in [0, 0.05) is 57.6 Å². The van der Waals surface area contributed by atoms with Crippen LogP contribution in [-0.2, 0) is 4.79 Å². The van der Waals surface area contributed by atoms with E-state index in [0.29, 0.717) is 38.0 Å². The summed E-state index contributed by atoms with van der Waals surface area (Å²) in [6.45, 7) is 12.9. The Labute approximate surface area is 198 Å². The van der Waals surface area contributed by atoms with Crippen LogP contribution in [0, 0.1) is 5.92 Å². The number of anilines is 1. The van der Waals surface area contributed by atoms with E-state index in [4.69, 9.17) is 0 Å². The number of hydrogen-bond acceptors (Lipinski definition) is 5. The Kier molecular flexibility index (Phi) is 12.6. The molecule has 2 heterocycles. The van der Waals surface area contributed by atoms with Gasteiger partial charge in [0.15, 0.2) is 5.96 Å². The van der Waals surface area contributed by atoms with Crippen molar-refractivity contribution in [3.8, 4) is 0 Å². The average Bonchev–Trinajstić information content (AvgIpc) is 2.73. The van der Waals surface area contributed by atoms with Crippen molar-refractivity contribution in [1.82, 2.24) is 25.5 Å². The Bertz CT molecular complexity index is 634. The number of carbonyl (C=O) groups excluding carboxylic acids is 1.